The smallest absolute Gasteiger partial charge is 0.163 e. The molecule has 0 atom stereocenters. The van der Waals surface area contributed by atoms with Crippen LogP contribution >= 0.6 is 0 Å². The standard InChI is InChI=1S/C15H13FO/c16-14-9-13-11(6-3-4-8-15(13)17)10-5-1-2-7-12(10)14/h1-2,5,7,9H,3-4,6,8H2. The average molecular weight is 228 g/mol. The highest BCUT2D eigenvalue weighted by molar-refractivity contribution is 6.03. The van der Waals surface area contributed by atoms with Crippen molar-refractivity contribution >= 4 is 16.6 Å². The summed E-state index contributed by atoms with van der Waals surface area (Å²) in [5.41, 5.74) is 1.63. The number of carbonyl (C=O) groups is 1. The molecule has 3 rings (SSSR count). The Morgan fingerprint density at radius 1 is 1.00 bits per heavy atom. The maximum Gasteiger partial charge on any atom is 0.163 e. The molecule has 0 radical (unpaired) electrons. The van der Waals surface area contributed by atoms with Crippen LogP contribution in [0.1, 0.15) is 35.2 Å². The Bertz CT molecular complexity index is 601. The second-order valence-corrected chi connectivity index (χ2v) is 4.56. The molecule has 2 heteroatoms. The lowest BCUT2D eigenvalue weighted by atomic mass is 9.95. The van der Waals surface area contributed by atoms with E-state index >= 15 is 0 Å². The van der Waals surface area contributed by atoms with Gasteiger partial charge < -0.3 is 0 Å². The van der Waals surface area contributed by atoms with Crippen molar-refractivity contribution in [2.75, 3.05) is 0 Å². The third kappa shape index (κ3) is 1.64. The number of rotatable bonds is 0. The number of Topliss-reactive ketones (excluding diaryl/α,β-unsaturated/α-hetero) is 1. The summed E-state index contributed by atoms with van der Waals surface area (Å²) in [6, 6.07) is 8.84. The fourth-order valence-corrected chi connectivity index (χ4v) is 2.63. The van der Waals surface area contributed by atoms with Crippen molar-refractivity contribution in [3.8, 4) is 0 Å². The lowest BCUT2D eigenvalue weighted by Crippen LogP contribution is -2.02. The van der Waals surface area contributed by atoms with Gasteiger partial charge >= 0.3 is 0 Å². The minimum atomic E-state index is -0.283. The van der Waals surface area contributed by atoms with Crippen molar-refractivity contribution in [1.29, 1.82) is 0 Å². The van der Waals surface area contributed by atoms with Crippen molar-refractivity contribution in [3.63, 3.8) is 0 Å². The van der Waals surface area contributed by atoms with Crippen LogP contribution < -0.4 is 0 Å². The van der Waals surface area contributed by atoms with Crippen LogP contribution in [0, 0.1) is 5.82 Å². The van der Waals surface area contributed by atoms with Gasteiger partial charge in [-0.25, -0.2) is 4.39 Å². The molecule has 0 fully saturated rings. The summed E-state index contributed by atoms with van der Waals surface area (Å²) < 4.78 is 13.9. The van der Waals surface area contributed by atoms with Crippen LogP contribution in [0.2, 0.25) is 0 Å². The van der Waals surface area contributed by atoms with Crippen LogP contribution in [0.25, 0.3) is 10.8 Å². The summed E-state index contributed by atoms with van der Waals surface area (Å²) >= 11 is 0. The van der Waals surface area contributed by atoms with E-state index < -0.39 is 0 Å². The van der Waals surface area contributed by atoms with Crippen molar-refractivity contribution in [2.45, 2.75) is 25.7 Å². The van der Waals surface area contributed by atoms with Crippen molar-refractivity contribution in [2.24, 2.45) is 0 Å². The molecule has 0 spiro atoms. The molecule has 0 saturated carbocycles. The molecule has 1 aliphatic carbocycles. The third-order valence-corrected chi connectivity index (χ3v) is 3.49. The zero-order valence-corrected chi connectivity index (χ0v) is 9.50. The lowest BCUT2D eigenvalue weighted by molar-refractivity contribution is 0.0981. The molecular weight excluding hydrogens is 215 g/mol. The van der Waals surface area contributed by atoms with E-state index in [1.165, 1.54) is 6.07 Å². The number of halogens is 1. The number of hydrogen-bond donors (Lipinski definition) is 0. The van der Waals surface area contributed by atoms with E-state index in [0.717, 1.165) is 30.2 Å². The number of ketones is 1. The summed E-state index contributed by atoms with van der Waals surface area (Å²) in [6.45, 7) is 0. The van der Waals surface area contributed by atoms with Gasteiger partial charge in [0.25, 0.3) is 0 Å². The second kappa shape index (κ2) is 3.95. The molecule has 1 aliphatic rings. The first-order valence-corrected chi connectivity index (χ1v) is 6.00. The van der Waals surface area contributed by atoms with Crippen LogP contribution in [0.4, 0.5) is 4.39 Å². The van der Waals surface area contributed by atoms with Crippen molar-refractivity contribution in [3.05, 3.63) is 47.3 Å². The molecule has 0 unspecified atom stereocenters. The summed E-state index contributed by atoms with van der Waals surface area (Å²) in [5, 5.41) is 1.53. The molecule has 0 amide bonds. The molecule has 0 aliphatic heterocycles. The molecule has 0 bridgehead atoms. The molecule has 2 aromatic rings. The summed E-state index contributed by atoms with van der Waals surface area (Å²) in [4.78, 5) is 11.9. The Hall–Kier alpha value is -1.70. The molecule has 0 heterocycles. The first kappa shape index (κ1) is 10.5. The molecule has 0 aromatic heterocycles. The van der Waals surface area contributed by atoms with E-state index in [-0.39, 0.29) is 11.6 Å². The highest BCUT2D eigenvalue weighted by Crippen LogP contribution is 2.30. The third-order valence-electron chi connectivity index (χ3n) is 3.49. The molecule has 86 valence electrons. The minimum absolute atomic E-state index is 0.0853. The topological polar surface area (TPSA) is 17.1 Å². The predicted octanol–water partition coefficient (Wildman–Crippen LogP) is 3.89. The van der Waals surface area contributed by atoms with E-state index in [4.69, 9.17) is 0 Å². The zero-order valence-electron chi connectivity index (χ0n) is 9.50. The second-order valence-electron chi connectivity index (χ2n) is 4.56. The first-order valence-electron chi connectivity index (χ1n) is 6.00. The van der Waals surface area contributed by atoms with Crippen LogP contribution in [0.5, 0.6) is 0 Å². The number of aryl methyl sites for hydroxylation is 1. The van der Waals surface area contributed by atoms with E-state index in [0.29, 0.717) is 17.4 Å². The van der Waals surface area contributed by atoms with E-state index in [9.17, 15) is 9.18 Å². The Kier molecular flexibility index (Phi) is 2.43. The predicted molar refractivity (Wildman–Crippen MR) is 65.8 cm³/mol. The molecule has 17 heavy (non-hydrogen) atoms. The molecule has 2 aromatic carbocycles. The zero-order chi connectivity index (χ0) is 11.8. The van der Waals surface area contributed by atoms with Crippen LogP contribution in [0.3, 0.4) is 0 Å². The largest absolute Gasteiger partial charge is 0.294 e. The lowest BCUT2D eigenvalue weighted by Gasteiger charge is -2.10. The van der Waals surface area contributed by atoms with Crippen LogP contribution in [-0.2, 0) is 6.42 Å². The van der Waals surface area contributed by atoms with Crippen molar-refractivity contribution < 1.29 is 9.18 Å². The molecule has 1 nitrogen and oxygen atoms in total. The maximum atomic E-state index is 13.9. The Morgan fingerprint density at radius 3 is 2.53 bits per heavy atom. The Labute approximate surface area is 99.3 Å². The molecular formula is C15H13FO. The molecule has 0 saturated heterocycles. The van der Waals surface area contributed by atoms with Gasteiger partial charge in [-0.15, -0.1) is 0 Å². The number of fused-ring (bicyclic) bond motifs is 3. The van der Waals surface area contributed by atoms with Crippen LogP contribution in [-0.4, -0.2) is 5.78 Å². The van der Waals surface area contributed by atoms with Gasteiger partial charge in [0.15, 0.2) is 5.78 Å². The van der Waals surface area contributed by atoms with Gasteiger partial charge in [-0.2, -0.15) is 0 Å². The first-order chi connectivity index (χ1) is 8.27. The quantitative estimate of drug-likeness (QED) is 0.625. The van der Waals surface area contributed by atoms with Gasteiger partial charge in [-0.05, 0) is 36.3 Å². The highest BCUT2D eigenvalue weighted by Gasteiger charge is 2.19. The number of hydrogen-bond acceptors (Lipinski definition) is 1. The summed E-state index contributed by atoms with van der Waals surface area (Å²) in [7, 11) is 0. The summed E-state index contributed by atoms with van der Waals surface area (Å²) in [6.07, 6.45) is 3.34. The van der Waals surface area contributed by atoms with Gasteiger partial charge in [0, 0.05) is 17.4 Å². The van der Waals surface area contributed by atoms with E-state index in [2.05, 4.69) is 0 Å². The van der Waals surface area contributed by atoms with Gasteiger partial charge in [0.2, 0.25) is 0 Å². The maximum absolute atomic E-state index is 13.9. The fourth-order valence-electron chi connectivity index (χ4n) is 2.63. The van der Waals surface area contributed by atoms with E-state index in [1.807, 2.05) is 18.2 Å². The van der Waals surface area contributed by atoms with E-state index in [1.54, 1.807) is 6.07 Å². The average Bonchev–Trinajstić information content (AvgIpc) is 2.53. The molecule has 0 N–H and O–H groups in total. The minimum Gasteiger partial charge on any atom is -0.294 e. The van der Waals surface area contributed by atoms with Crippen molar-refractivity contribution in [1.82, 2.24) is 0 Å². The number of carbonyl (C=O) groups excluding carboxylic acids is 1. The Balaban J connectivity index is 2.38. The highest BCUT2D eigenvalue weighted by atomic mass is 19.1. The van der Waals surface area contributed by atoms with Gasteiger partial charge in [-0.3, -0.25) is 4.79 Å². The SMILES string of the molecule is O=C1CCCCc2c1cc(F)c1ccccc21. The summed E-state index contributed by atoms with van der Waals surface area (Å²) in [5.74, 6) is -0.197. The van der Waals surface area contributed by atoms with Gasteiger partial charge in [0.1, 0.15) is 5.82 Å². The monoisotopic (exact) mass is 228 g/mol. The van der Waals surface area contributed by atoms with Gasteiger partial charge in [0.05, 0.1) is 0 Å². The number of benzene rings is 2. The van der Waals surface area contributed by atoms with Gasteiger partial charge in [-0.1, -0.05) is 24.3 Å². The fraction of sp³-hybridized carbons (Fsp3) is 0.267. The normalized spacial score (nSPS) is 15.7. The van der Waals surface area contributed by atoms with Crippen LogP contribution in [0.15, 0.2) is 30.3 Å². The Morgan fingerprint density at radius 2 is 1.71 bits per heavy atom.